The summed E-state index contributed by atoms with van der Waals surface area (Å²) in [6.07, 6.45) is 3.74. The van der Waals surface area contributed by atoms with E-state index in [0.717, 1.165) is 60.3 Å². The molecule has 3 heterocycles. The summed E-state index contributed by atoms with van der Waals surface area (Å²) in [5.74, 6) is 0.338. The fraction of sp³-hybridized carbons (Fsp3) is 0.565. The van der Waals surface area contributed by atoms with Crippen LogP contribution in [0, 0.1) is 19.8 Å². The molecular weight excluding hydrogens is 394 g/mol. The first-order valence-electron chi connectivity index (χ1n) is 11.1. The highest BCUT2D eigenvalue weighted by molar-refractivity contribution is 5.95. The monoisotopic (exact) mass is 423 g/mol. The number of fused-ring (bicyclic) bond motifs is 1. The molecule has 2 aliphatic heterocycles. The fourth-order valence-electron chi connectivity index (χ4n) is 4.73. The van der Waals surface area contributed by atoms with Crippen LogP contribution in [0.1, 0.15) is 58.6 Å². The number of likely N-dealkylation sites (tertiary alicyclic amines) is 1. The lowest BCUT2D eigenvalue weighted by atomic mass is 9.90. The van der Waals surface area contributed by atoms with Gasteiger partial charge in [-0.2, -0.15) is 0 Å². The van der Waals surface area contributed by atoms with E-state index in [1.54, 1.807) is 0 Å². The highest BCUT2D eigenvalue weighted by atomic mass is 16.5. The number of ether oxygens (including phenoxy) is 1. The minimum Gasteiger partial charge on any atom is -0.365 e. The van der Waals surface area contributed by atoms with E-state index in [1.165, 1.54) is 0 Å². The normalized spacial score (nSPS) is 23.0. The van der Waals surface area contributed by atoms with Crippen molar-refractivity contribution in [2.75, 3.05) is 13.1 Å². The molecule has 0 radical (unpaired) electrons. The van der Waals surface area contributed by atoms with Gasteiger partial charge in [-0.05, 0) is 51.2 Å². The third kappa shape index (κ3) is 3.96. The molecular formula is C23H29N5O3. The van der Waals surface area contributed by atoms with E-state index in [0.29, 0.717) is 26.2 Å². The Morgan fingerprint density at radius 1 is 1.26 bits per heavy atom. The second-order valence-electron chi connectivity index (χ2n) is 9.25. The van der Waals surface area contributed by atoms with Crippen LogP contribution in [0.5, 0.6) is 0 Å². The molecule has 1 saturated carbocycles. The summed E-state index contributed by atoms with van der Waals surface area (Å²) < 4.78 is 8.25. The molecule has 1 aromatic heterocycles. The summed E-state index contributed by atoms with van der Waals surface area (Å²) in [4.78, 5) is 27.1. The van der Waals surface area contributed by atoms with E-state index in [-0.39, 0.29) is 17.7 Å². The summed E-state index contributed by atoms with van der Waals surface area (Å²) in [6.45, 7) is 6.66. The Bertz CT molecular complexity index is 1030. The predicted molar refractivity (Wildman–Crippen MR) is 113 cm³/mol. The fourth-order valence-corrected chi connectivity index (χ4v) is 4.73. The van der Waals surface area contributed by atoms with E-state index in [1.807, 2.05) is 35.6 Å². The van der Waals surface area contributed by atoms with Crippen LogP contribution < -0.4 is 5.32 Å². The van der Waals surface area contributed by atoms with E-state index in [2.05, 4.69) is 21.7 Å². The van der Waals surface area contributed by atoms with Crippen molar-refractivity contribution in [3.8, 4) is 0 Å². The maximum absolute atomic E-state index is 13.2. The molecule has 2 fully saturated rings. The summed E-state index contributed by atoms with van der Waals surface area (Å²) >= 11 is 0. The first kappa shape index (κ1) is 20.2. The molecule has 31 heavy (non-hydrogen) atoms. The smallest absolute Gasteiger partial charge is 0.254 e. The van der Waals surface area contributed by atoms with E-state index < -0.39 is 5.60 Å². The van der Waals surface area contributed by atoms with Crippen LogP contribution in [-0.4, -0.2) is 50.4 Å². The predicted octanol–water partition coefficient (Wildman–Crippen LogP) is 2.13. The van der Waals surface area contributed by atoms with Crippen molar-refractivity contribution < 1.29 is 14.3 Å². The summed E-state index contributed by atoms with van der Waals surface area (Å²) in [6, 6.07) is 5.96. The molecule has 5 rings (SSSR count). The largest absolute Gasteiger partial charge is 0.365 e. The van der Waals surface area contributed by atoms with Crippen LogP contribution in [0.3, 0.4) is 0 Å². The molecule has 3 aliphatic rings. The molecule has 1 saturated heterocycles. The molecule has 1 N–H and O–H groups in total. The lowest BCUT2D eigenvalue weighted by Gasteiger charge is -2.44. The van der Waals surface area contributed by atoms with Crippen molar-refractivity contribution >= 4 is 11.8 Å². The Morgan fingerprint density at radius 3 is 2.87 bits per heavy atom. The number of piperidine rings is 1. The van der Waals surface area contributed by atoms with Gasteiger partial charge in [0.1, 0.15) is 11.3 Å². The lowest BCUT2D eigenvalue weighted by molar-refractivity contribution is -0.123. The average Bonchev–Trinajstić information content (AvgIpc) is 3.53. The standard InChI is InChI=1S/C23H29N5O3/c1-15-4-7-18(16(2)10-15)22(30)27-9-3-8-23(13-27)14-28-20(12-31-23)19(25-26-28)11-24-21(29)17-5-6-17/h4,7,10,17H,3,5-6,8-9,11-14H2,1-2H3,(H,24,29). The van der Waals surface area contributed by atoms with Gasteiger partial charge in [0, 0.05) is 18.0 Å². The Hall–Kier alpha value is -2.74. The lowest BCUT2D eigenvalue weighted by Crippen LogP contribution is -2.55. The topological polar surface area (TPSA) is 89.4 Å². The van der Waals surface area contributed by atoms with Crippen molar-refractivity contribution in [2.24, 2.45) is 5.92 Å². The number of nitrogens with one attached hydrogen (secondary N) is 1. The van der Waals surface area contributed by atoms with Gasteiger partial charge in [-0.15, -0.1) is 5.10 Å². The van der Waals surface area contributed by atoms with Crippen LogP contribution in [0.2, 0.25) is 0 Å². The van der Waals surface area contributed by atoms with Gasteiger partial charge in [0.2, 0.25) is 5.91 Å². The minimum atomic E-state index is -0.443. The van der Waals surface area contributed by atoms with Crippen LogP contribution >= 0.6 is 0 Å². The SMILES string of the molecule is Cc1ccc(C(=O)N2CCCC3(C2)Cn2nnc(CNC(=O)C4CC4)c2CO3)c(C)c1. The van der Waals surface area contributed by atoms with Gasteiger partial charge in [0.05, 0.1) is 31.9 Å². The number of hydrogen-bond acceptors (Lipinski definition) is 5. The summed E-state index contributed by atoms with van der Waals surface area (Å²) in [5.41, 5.74) is 4.16. The third-order valence-corrected chi connectivity index (χ3v) is 6.69. The third-order valence-electron chi connectivity index (χ3n) is 6.69. The van der Waals surface area contributed by atoms with Crippen LogP contribution in [-0.2, 0) is 29.2 Å². The first-order chi connectivity index (χ1) is 14.9. The van der Waals surface area contributed by atoms with Crippen molar-refractivity contribution in [3.05, 3.63) is 46.3 Å². The van der Waals surface area contributed by atoms with Crippen molar-refractivity contribution in [3.63, 3.8) is 0 Å². The molecule has 2 amide bonds. The van der Waals surface area contributed by atoms with Gasteiger partial charge < -0.3 is 15.0 Å². The molecule has 1 aromatic carbocycles. The molecule has 0 bridgehead atoms. The molecule has 8 heteroatoms. The second-order valence-corrected chi connectivity index (χ2v) is 9.25. The van der Waals surface area contributed by atoms with E-state index >= 15 is 0 Å². The molecule has 8 nitrogen and oxygen atoms in total. The van der Waals surface area contributed by atoms with Crippen LogP contribution in [0.25, 0.3) is 0 Å². The van der Waals surface area contributed by atoms with E-state index in [9.17, 15) is 9.59 Å². The van der Waals surface area contributed by atoms with Crippen LogP contribution in [0.4, 0.5) is 0 Å². The number of carbonyl (C=O) groups excluding carboxylic acids is 2. The van der Waals surface area contributed by atoms with Gasteiger partial charge in [-0.3, -0.25) is 9.59 Å². The number of amides is 2. The first-order valence-corrected chi connectivity index (χ1v) is 11.1. The maximum atomic E-state index is 13.2. The van der Waals surface area contributed by atoms with Gasteiger partial charge in [0.15, 0.2) is 0 Å². The Balaban J connectivity index is 1.28. The number of benzene rings is 1. The molecule has 164 valence electrons. The second kappa shape index (κ2) is 7.75. The number of aryl methyl sites for hydroxylation is 2. The minimum absolute atomic E-state index is 0.0630. The highest BCUT2D eigenvalue weighted by Gasteiger charge is 2.42. The molecule has 1 atom stereocenters. The van der Waals surface area contributed by atoms with Crippen LogP contribution in [0.15, 0.2) is 18.2 Å². The summed E-state index contributed by atoms with van der Waals surface area (Å²) in [7, 11) is 0. The number of rotatable bonds is 4. The van der Waals surface area contributed by atoms with Gasteiger partial charge in [-0.1, -0.05) is 22.9 Å². The maximum Gasteiger partial charge on any atom is 0.254 e. The van der Waals surface area contributed by atoms with E-state index in [4.69, 9.17) is 4.74 Å². The van der Waals surface area contributed by atoms with Gasteiger partial charge in [0.25, 0.3) is 5.91 Å². The highest BCUT2D eigenvalue weighted by Crippen LogP contribution is 2.33. The average molecular weight is 424 g/mol. The van der Waals surface area contributed by atoms with Gasteiger partial charge in [-0.25, -0.2) is 4.68 Å². The number of carbonyl (C=O) groups is 2. The Morgan fingerprint density at radius 2 is 2.10 bits per heavy atom. The molecule has 1 spiro atoms. The summed E-state index contributed by atoms with van der Waals surface area (Å²) in [5, 5.41) is 11.6. The van der Waals surface area contributed by atoms with Crippen molar-refractivity contribution in [2.45, 2.75) is 64.8 Å². The van der Waals surface area contributed by atoms with Crippen molar-refractivity contribution in [1.82, 2.24) is 25.2 Å². The Kier molecular flexibility index (Phi) is 5.04. The molecule has 1 unspecified atom stereocenters. The number of aromatic nitrogens is 3. The number of hydrogen-bond donors (Lipinski definition) is 1. The zero-order valence-electron chi connectivity index (χ0n) is 18.2. The molecule has 1 aliphatic carbocycles. The molecule has 2 aromatic rings. The van der Waals surface area contributed by atoms with Crippen molar-refractivity contribution in [1.29, 1.82) is 0 Å². The zero-order chi connectivity index (χ0) is 21.6. The van der Waals surface area contributed by atoms with Gasteiger partial charge >= 0.3 is 0 Å². The Labute approximate surface area is 181 Å². The quantitative estimate of drug-likeness (QED) is 0.814. The number of nitrogens with zero attached hydrogens (tertiary/aromatic N) is 4. The zero-order valence-corrected chi connectivity index (χ0v) is 18.2.